The second-order valence-electron chi connectivity index (χ2n) is 15.0. The van der Waals surface area contributed by atoms with Crippen molar-refractivity contribution in [1.82, 2.24) is 39.2 Å². The molecule has 1 unspecified atom stereocenters. The van der Waals surface area contributed by atoms with Crippen LogP contribution in [0.1, 0.15) is 89.8 Å². The van der Waals surface area contributed by atoms with Crippen LogP contribution < -0.4 is 4.74 Å². The molecule has 5 rings (SSSR count). The molecular weight excluding hydrogens is 759 g/mol. The number of nitrogens with zero attached hydrogens (tertiary/aromatic N) is 8. The Bertz CT molecular complexity index is 1780. The van der Waals surface area contributed by atoms with E-state index in [4.69, 9.17) is 34.2 Å². The SMILES string of the molecule is C=Cc1nn(C2CCCCO2)c2cnc(-c3c(C)nn(C)c3O[C@@H](C)CN(CC)Cc3c(I)c(CC)nn3CCO[Si](C)(C)C(C)(C)C)cc12. The minimum absolute atomic E-state index is 0.0833. The van der Waals surface area contributed by atoms with E-state index in [1.807, 2.05) is 29.5 Å². The van der Waals surface area contributed by atoms with E-state index in [0.717, 1.165) is 97.7 Å². The van der Waals surface area contributed by atoms with Crippen molar-refractivity contribution in [3.63, 3.8) is 0 Å². The zero-order valence-electron chi connectivity index (χ0n) is 31.8. The van der Waals surface area contributed by atoms with Gasteiger partial charge in [0.2, 0.25) is 5.88 Å². The van der Waals surface area contributed by atoms with Gasteiger partial charge in [0.25, 0.3) is 0 Å². The monoisotopic (exact) mass is 816 g/mol. The molecule has 0 amide bonds. The second kappa shape index (κ2) is 16.0. The number of rotatable bonds is 15. The van der Waals surface area contributed by atoms with Gasteiger partial charge < -0.3 is 13.9 Å². The van der Waals surface area contributed by atoms with Crippen LogP contribution in [0.3, 0.4) is 0 Å². The molecule has 11 nitrogen and oxygen atoms in total. The van der Waals surface area contributed by atoms with Crippen molar-refractivity contribution in [3.8, 4) is 17.1 Å². The number of fused-ring (bicyclic) bond motifs is 1. The van der Waals surface area contributed by atoms with Gasteiger partial charge in [0.15, 0.2) is 14.5 Å². The molecule has 1 fully saturated rings. The fourth-order valence-corrected chi connectivity index (χ4v) is 8.33. The smallest absolute Gasteiger partial charge is 0.221 e. The highest BCUT2D eigenvalue weighted by Crippen LogP contribution is 2.37. The first-order chi connectivity index (χ1) is 23.7. The Morgan fingerprint density at radius 1 is 1.20 bits per heavy atom. The lowest BCUT2D eigenvalue weighted by atomic mass is 10.1. The lowest BCUT2D eigenvalue weighted by Crippen LogP contribution is -2.41. The summed E-state index contributed by atoms with van der Waals surface area (Å²) in [5, 5.41) is 15.8. The highest BCUT2D eigenvalue weighted by atomic mass is 127. The summed E-state index contributed by atoms with van der Waals surface area (Å²) in [6.07, 6.45) is 7.56. The summed E-state index contributed by atoms with van der Waals surface area (Å²) in [7, 11) is 0.0904. The molecular formula is C37H57IN8O3Si. The first-order valence-electron chi connectivity index (χ1n) is 18.1. The van der Waals surface area contributed by atoms with Crippen molar-refractivity contribution in [2.75, 3.05) is 26.3 Å². The van der Waals surface area contributed by atoms with Gasteiger partial charge in [-0.25, -0.2) is 9.36 Å². The van der Waals surface area contributed by atoms with E-state index >= 15 is 0 Å². The minimum atomic E-state index is -1.84. The second-order valence-corrected chi connectivity index (χ2v) is 20.9. The topological polar surface area (TPSA) is 97.3 Å². The third kappa shape index (κ3) is 8.21. The van der Waals surface area contributed by atoms with Crippen molar-refractivity contribution in [2.45, 2.75) is 118 Å². The van der Waals surface area contributed by atoms with E-state index < -0.39 is 8.32 Å². The molecule has 0 saturated carbocycles. The summed E-state index contributed by atoms with van der Waals surface area (Å²) in [5.74, 6) is 0.705. The van der Waals surface area contributed by atoms with Crippen LogP contribution in [0.25, 0.3) is 28.2 Å². The Morgan fingerprint density at radius 3 is 2.60 bits per heavy atom. The number of halogens is 1. The predicted octanol–water partition coefficient (Wildman–Crippen LogP) is 8.16. The molecule has 0 spiro atoms. The molecule has 50 heavy (non-hydrogen) atoms. The molecule has 0 N–H and O–H groups in total. The summed E-state index contributed by atoms with van der Waals surface area (Å²) in [6, 6.07) is 2.09. The fourth-order valence-electron chi connectivity index (χ4n) is 6.35. The van der Waals surface area contributed by atoms with Crippen molar-refractivity contribution >= 4 is 47.9 Å². The molecule has 5 heterocycles. The Hall–Kier alpha value is -2.59. The van der Waals surface area contributed by atoms with Gasteiger partial charge in [0, 0.05) is 32.1 Å². The number of aromatic nitrogens is 7. The van der Waals surface area contributed by atoms with Crippen LogP contribution in [0.5, 0.6) is 5.88 Å². The molecule has 1 aliphatic heterocycles. The van der Waals surface area contributed by atoms with E-state index in [1.54, 1.807) is 6.08 Å². The predicted molar refractivity (Wildman–Crippen MR) is 212 cm³/mol. The van der Waals surface area contributed by atoms with Crippen LogP contribution in [-0.2, 0) is 35.7 Å². The maximum absolute atomic E-state index is 6.73. The van der Waals surface area contributed by atoms with E-state index in [2.05, 4.69) is 99.5 Å². The molecule has 4 aromatic rings. The highest BCUT2D eigenvalue weighted by molar-refractivity contribution is 14.1. The Balaban J connectivity index is 1.34. The first-order valence-corrected chi connectivity index (χ1v) is 22.1. The lowest BCUT2D eigenvalue weighted by Gasteiger charge is -2.36. The molecule has 0 aromatic carbocycles. The quantitative estimate of drug-likeness (QED) is 0.0877. The van der Waals surface area contributed by atoms with Crippen LogP contribution in [0.2, 0.25) is 18.1 Å². The van der Waals surface area contributed by atoms with Crippen LogP contribution in [0, 0.1) is 10.5 Å². The first kappa shape index (κ1) is 38.6. The van der Waals surface area contributed by atoms with Gasteiger partial charge >= 0.3 is 0 Å². The molecule has 0 radical (unpaired) electrons. The van der Waals surface area contributed by atoms with Crippen LogP contribution in [0.15, 0.2) is 18.8 Å². The number of pyridine rings is 1. The van der Waals surface area contributed by atoms with Crippen LogP contribution in [0.4, 0.5) is 0 Å². The fraction of sp³-hybridized carbons (Fsp3) is 0.622. The number of likely N-dealkylation sites (N-methyl/N-ethyl adjacent to an activating group) is 1. The van der Waals surface area contributed by atoms with Gasteiger partial charge in [-0.3, -0.25) is 14.6 Å². The van der Waals surface area contributed by atoms with E-state index in [9.17, 15) is 0 Å². The van der Waals surface area contributed by atoms with Gasteiger partial charge in [-0.2, -0.15) is 15.3 Å². The maximum Gasteiger partial charge on any atom is 0.221 e. The average Bonchev–Trinajstić information content (AvgIpc) is 3.69. The van der Waals surface area contributed by atoms with Crippen molar-refractivity contribution in [1.29, 1.82) is 0 Å². The normalized spacial score (nSPS) is 16.4. The zero-order chi connectivity index (χ0) is 36.4. The van der Waals surface area contributed by atoms with Gasteiger partial charge in [-0.1, -0.05) is 41.2 Å². The van der Waals surface area contributed by atoms with Gasteiger partial charge in [0.05, 0.1) is 62.5 Å². The summed E-state index contributed by atoms with van der Waals surface area (Å²) in [4.78, 5) is 7.36. The summed E-state index contributed by atoms with van der Waals surface area (Å²) >= 11 is 2.48. The molecule has 0 bridgehead atoms. The molecule has 13 heteroatoms. The molecule has 0 aliphatic carbocycles. The van der Waals surface area contributed by atoms with Gasteiger partial charge in [-0.15, -0.1) is 0 Å². The molecule has 2 atom stereocenters. The number of ether oxygens (including phenoxy) is 2. The third-order valence-corrected chi connectivity index (χ3v) is 16.1. The standard InChI is InChI=1S/C37H57IN8O3Si/c1-12-28-27-21-30(39-22-31(27)46(42-28)33-17-15-16-19-47-33)34-26(5)40-43(9)36(34)49-25(4)23-44(14-3)24-32-35(38)29(13-2)41-45(32)18-20-48-50(10,11)37(6,7)8/h12,21-22,25,33H,1,13-20,23-24H2,2-11H3/t25-,33?/m0/s1. The molecule has 1 aliphatic rings. The Morgan fingerprint density at radius 2 is 1.96 bits per heavy atom. The number of aryl methyl sites for hydroxylation is 3. The largest absolute Gasteiger partial charge is 0.473 e. The minimum Gasteiger partial charge on any atom is -0.473 e. The van der Waals surface area contributed by atoms with E-state index in [0.29, 0.717) is 12.5 Å². The highest BCUT2D eigenvalue weighted by Gasteiger charge is 2.37. The summed E-state index contributed by atoms with van der Waals surface area (Å²) in [6.45, 7) is 28.6. The molecule has 4 aromatic heterocycles. The lowest BCUT2D eigenvalue weighted by molar-refractivity contribution is -0.0367. The van der Waals surface area contributed by atoms with Gasteiger partial charge in [0.1, 0.15) is 6.10 Å². The molecule has 274 valence electrons. The van der Waals surface area contributed by atoms with Gasteiger partial charge in [-0.05, 0) is 98.9 Å². The third-order valence-electron chi connectivity index (χ3n) is 10.3. The van der Waals surface area contributed by atoms with Crippen molar-refractivity contribution in [3.05, 3.63) is 45.2 Å². The van der Waals surface area contributed by atoms with E-state index in [-0.39, 0.29) is 17.4 Å². The Labute approximate surface area is 313 Å². The van der Waals surface area contributed by atoms with E-state index in [1.165, 1.54) is 9.26 Å². The van der Waals surface area contributed by atoms with Crippen molar-refractivity contribution in [2.24, 2.45) is 7.05 Å². The van der Waals surface area contributed by atoms with Crippen LogP contribution in [-0.4, -0.2) is 79.9 Å². The summed E-state index contributed by atoms with van der Waals surface area (Å²) in [5.41, 5.74) is 6.70. The molecule has 1 saturated heterocycles. The maximum atomic E-state index is 6.73. The Kier molecular flexibility index (Phi) is 12.3. The average molecular weight is 817 g/mol. The zero-order valence-corrected chi connectivity index (χ0v) is 35.0. The van der Waals surface area contributed by atoms with Crippen molar-refractivity contribution < 1.29 is 13.9 Å². The van der Waals surface area contributed by atoms with Crippen LogP contribution >= 0.6 is 22.6 Å². The summed E-state index contributed by atoms with van der Waals surface area (Å²) < 4.78 is 26.5. The number of hydrogen-bond donors (Lipinski definition) is 0. The number of hydrogen-bond acceptors (Lipinski definition) is 8.